The van der Waals surface area contributed by atoms with E-state index in [2.05, 4.69) is 14.9 Å². The smallest absolute Gasteiger partial charge is 0.406 e. The summed E-state index contributed by atoms with van der Waals surface area (Å²) in [4.78, 5) is 12.5. The van der Waals surface area contributed by atoms with Crippen molar-refractivity contribution < 1.29 is 17.9 Å². The van der Waals surface area contributed by atoms with Crippen molar-refractivity contribution in [2.24, 2.45) is 5.10 Å². The Kier molecular flexibility index (Phi) is 5.21. The van der Waals surface area contributed by atoms with Gasteiger partial charge in [-0.3, -0.25) is 9.80 Å². The molecule has 6 nitrogen and oxygen atoms in total. The number of hydrazone groups is 1. The Balaban J connectivity index is 1.69. The SMILES string of the molecule is O=c1ccn(-c2cccc(OC(F)(F)F)c2)nc1C1CC=NN1c1cccc(Cl)c1. The van der Waals surface area contributed by atoms with E-state index in [9.17, 15) is 18.0 Å². The van der Waals surface area contributed by atoms with Gasteiger partial charge in [0.15, 0.2) is 0 Å². The monoisotopic (exact) mass is 434 g/mol. The fourth-order valence-electron chi connectivity index (χ4n) is 3.13. The normalized spacial score (nSPS) is 16.1. The Labute approximate surface area is 173 Å². The molecule has 0 saturated carbocycles. The number of alkyl halides is 3. The minimum Gasteiger partial charge on any atom is -0.406 e. The molecule has 0 fully saturated rings. The summed E-state index contributed by atoms with van der Waals surface area (Å²) in [5, 5.41) is 10.9. The van der Waals surface area contributed by atoms with E-state index < -0.39 is 12.4 Å². The lowest BCUT2D eigenvalue weighted by molar-refractivity contribution is -0.274. The topological polar surface area (TPSA) is 59.7 Å². The fraction of sp³-hybridized carbons (Fsp3) is 0.150. The number of nitrogens with zero attached hydrogens (tertiary/aromatic N) is 4. The van der Waals surface area contributed by atoms with Crippen LogP contribution in [0.4, 0.5) is 18.9 Å². The maximum absolute atomic E-state index is 12.5. The number of anilines is 1. The lowest BCUT2D eigenvalue weighted by Gasteiger charge is -2.23. The van der Waals surface area contributed by atoms with Gasteiger partial charge in [-0.25, -0.2) is 4.68 Å². The van der Waals surface area contributed by atoms with Gasteiger partial charge in [-0.05, 0) is 30.3 Å². The molecule has 1 aliphatic heterocycles. The summed E-state index contributed by atoms with van der Waals surface area (Å²) in [7, 11) is 0. The predicted molar refractivity (Wildman–Crippen MR) is 106 cm³/mol. The van der Waals surface area contributed by atoms with Crippen molar-refractivity contribution in [3.8, 4) is 11.4 Å². The van der Waals surface area contributed by atoms with Gasteiger partial charge in [-0.2, -0.15) is 10.2 Å². The Morgan fingerprint density at radius 2 is 1.83 bits per heavy atom. The predicted octanol–water partition coefficient (Wildman–Crippen LogP) is 4.72. The minimum atomic E-state index is -4.81. The van der Waals surface area contributed by atoms with Crippen LogP contribution in [0.15, 0.2) is 70.7 Å². The second-order valence-corrected chi connectivity index (χ2v) is 6.87. The summed E-state index contributed by atoms with van der Waals surface area (Å²) in [6, 6.07) is 13.2. The van der Waals surface area contributed by atoms with Crippen molar-refractivity contribution in [2.75, 3.05) is 5.01 Å². The van der Waals surface area contributed by atoms with E-state index in [1.807, 2.05) is 0 Å². The molecule has 2 heterocycles. The third-order valence-electron chi connectivity index (χ3n) is 4.37. The van der Waals surface area contributed by atoms with Crippen LogP contribution in [0.1, 0.15) is 18.2 Å². The molecule has 0 spiro atoms. The molecule has 0 N–H and O–H groups in total. The standard InChI is InChI=1S/C20H14ClF3N4O2/c21-13-3-1-5-15(11-13)28-17(7-9-25-28)19-18(29)8-10-27(26-19)14-4-2-6-16(12-14)30-20(22,23)24/h1-6,8-12,17H,7H2. The van der Waals surface area contributed by atoms with Gasteiger partial charge in [0, 0.05) is 36.0 Å². The van der Waals surface area contributed by atoms with Crippen LogP contribution in [-0.2, 0) is 0 Å². The molecule has 154 valence electrons. The summed E-state index contributed by atoms with van der Waals surface area (Å²) < 4.78 is 42.8. The quantitative estimate of drug-likeness (QED) is 0.596. The van der Waals surface area contributed by atoms with Crippen molar-refractivity contribution in [1.82, 2.24) is 9.78 Å². The fourth-order valence-corrected chi connectivity index (χ4v) is 3.31. The first-order valence-electron chi connectivity index (χ1n) is 8.83. The van der Waals surface area contributed by atoms with Gasteiger partial charge in [0.25, 0.3) is 0 Å². The molecule has 2 aromatic carbocycles. The minimum absolute atomic E-state index is 0.206. The highest BCUT2D eigenvalue weighted by Crippen LogP contribution is 2.32. The second kappa shape index (κ2) is 7.83. The van der Waals surface area contributed by atoms with Crippen molar-refractivity contribution in [1.29, 1.82) is 0 Å². The highest BCUT2D eigenvalue weighted by Gasteiger charge is 2.31. The average molecular weight is 435 g/mol. The van der Waals surface area contributed by atoms with Crippen LogP contribution in [0.5, 0.6) is 5.75 Å². The van der Waals surface area contributed by atoms with Gasteiger partial charge >= 0.3 is 6.36 Å². The molecule has 0 bridgehead atoms. The summed E-state index contributed by atoms with van der Waals surface area (Å²) in [5.41, 5.74) is 0.901. The van der Waals surface area contributed by atoms with E-state index >= 15 is 0 Å². The van der Waals surface area contributed by atoms with E-state index in [0.717, 1.165) is 0 Å². The summed E-state index contributed by atoms with van der Waals surface area (Å²) in [6.45, 7) is 0. The van der Waals surface area contributed by atoms with Crippen LogP contribution in [0.2, 0.25) is 5.02 Å². The van der Waals surface area contributed by atoms with Gasteiger partial charge in [0.05, 0.1) is 11.4 Å². The van der Waals surface area contributed by atoms with E-state index in [0.29, 0.717) is 22.8 Å². The lowest BCUT2D eigenvalue weighted by Crippen LogP contribution is -2.27. The largest absolute Gasteiger partial charge is 0.573 e. The van der Waals surface area contributed by atoms with Crippen molar-refractivity contribution in [2.45, 2.75) is 18.8 Å². The first-order chi connectivity index (χ1) is 14.3. The lowest BCUT2D eigenvalue weighted by atomic mass is 10.1. The van der Waals surface area contributed by atoms with Gasteiger partial charge < -0.3 is 4.74 Å². The molecule has 4 rings (SSSR count). The van der Waals surface area contributed by atoms with Crippen molar-refractivity contribution in [3.05, 3.63) is 81.7 Å². The number of ether oxygens (including phenoxy) is 1. The molecule has 0 radical (unpaired) electrons. The Hall–Kier alpha value is -3.33. The molecule has 3 aromatic rings. The van der Waals surface area contributed by atoms with Gasteiger partial charge in [0.1, 0.15) is 17.5 Å². The number of aromatic nitrogens is 2. The maximum Gasteiger partial charge on any atom is 0.573 e. The third-order valence-corrected chi connectivity index (χ3v) is 4.60. The maximum atomic E-state index is 12.5. The second-order valence-electron chi connectivity index (χ2n) is 6.43. The first kappa shape index (κ1) is 20.0. The molecule has 0 amide bonds. The van der Waals surface area contributed by atoms with Gasteiger partial charge in [-0.15, -0.1) is 13.2 Å². The molecule has 1 unspecified atom stereocenters. The van der Waals surface area contributed by atoms with Crippen LogP contribution < -0.4 is 15.2 Å². The van der Waals surface area contributed by atoms with E-state index in [-0.39, 0.29) is 16.9 Å². The zero-order valence-electron chi connectivity index (χ0n) is 15.3. The number of hydrogen-bond acceptors (Lipinski definition) is 5. The summed E-state index contributed by atoms with van der Waals surface area (Å²) in [6.07, 6.45) is -1.31. The third kappa shape index (κ3) is 4.30. The summed E-state index contributed by atoms with van der Waals surface area (Å²) >= 11 is 6.06. The molecule has 1 aliphatic rings. The molecule has 0 aliphatic carbocycles. The molecular formula is C20H14ClF3N4O2. The molecule has 10 heteroatoms. The van der Waals surface area contributed by atoms with Crippen molar-refractivity contribution >= 4 is 23.5 Å². The van der Waals surface area contributed by atoms with Gasteiger partial charge in [-0.1, -0.05) is 23.7 Å². The zero-order chi connectivity index (χ0) is 21.3. The number of rotatable bonds is 4. The first-order valence-corrected chi connectivity index (χ1v) is 9.21. The molecule has 1 atom stereocenters. The zero-order valence-corrected chi connectivity index (χ0v) is 16.0. The average Bonchev–Trinajstić information content (AvgIpc) is 3.17. The van der Waals surface area contributed by atoms with Gasteiger partial charge in [0.2, 0.25) is 5.43 Å². The molecular weight excluding hydrogens is 421 g/mol. The van der Waals surface area contributed by atoms with Crippen LogP contribution in [0.25, 0.3) is 5.69 Å². The Morgan fingerprint density at radius 1 is 1.07 bits per heavy atom. The molecule has 0 saturated heterocycles. The Bertz CT molecular complexity index is 1160. The van der Waals surface area contributed by atoms with E-state index in [4.69, 9.17) is 11.6 Å². The highest BCUT2D eigenvalue weighted by molar-refractivity contribution is 6.30. The van der Waals surface area contributed by atoms with Crippen LogP contribution in [0.3, 0.4) is 0 Å². The number of halogens is 4. The van der Waals surface area contributed by atoms with Crippen LogP contribution in [-0.4, -0.2) is 22.4 Å². The van der Waals surface area contributed by atoms with E-state index in [1.165, 1.54) is 35.1 Å². The molecule has 1 aromatic heterocycles. The van der Waals surface area contributed by atoms with Crippen LogP contribution in [0, 0.1) is 0 Å². The summed E-state index contributed by atoms with van der Waals surface area (Å²) in [5.74, 6) is -0.383. The Morgan fingerprint density at radius 3 is 2.60 bits per heavy atom. The molecule has 30 heavy (non-hydrogen) atoms. The number of hydrogen-bond donors (Lipinski definition) is 0. The number of benzene rings is 2. The van der Waals surface area contributed by atoms with Crippen LogP contribution >= 0.6 is 11.6 Å². The van der Waals surface area contributed by atoms with E-state index in [1.54, 1.807) is 41.6 Å². The van der Waals surface area contributed by atoms with Crippen molar-refractivity contribution in [3.63, 3.8) is 0 Å². The highest BCUT2D eigenvalue weighted by atomic mass is 35.5.